The molecule has 2 amide bonds. The summed E-state index contributed by atoms with van der Waals surface area (Å²) < 4.78 is 10.3. The Bertz CT molecular complexity index is 1090. The van der Waals surface area contributed by atoms with Crippen LogP contribution in [0.3, 0.4) is 0 Å². The van der Waals surface area contributed by atoms with Crippen molar-refractivity contribution in [2.75, 3.05) is 24.4 Å². The smallest absolute Gasteiger partial charge is 0.341 e. The Morgan fingerprint density at radius 2 is 1.61 bits per heavy atom. The van der Waals surface area contributed by atoms with Crippen molar-refractivity contribution in [2.24, 2.45) is 0 Å². The van der Waals surface area contributed by atoms with Crippen molar-refractivity contribution in [2.45, 2.75) is 13.8 Å². The van der Waals surface area contributed by atoms with Crippen molar-refractivity contribution in [3.8, 4) is 5.75 Å². The maximum atomic E-state index is 12.8. The number of hydrogen-bond donors (Lipinski definition) is 2. The summed E-state index contributed by atoms with van der Waals surface area (Å²) >= 11 is 1.03. The number of esters is 1. The van der Waals surface area contributed by atoms with E-state index in [1.165, 1.54) is 7.11 Å². The molecule has 31 heavy (non-hydrogen) atoms. The Kier molecular flexibility index (Phi) is 7.04. The molecule has 0 unspecified atom stereocenters. The Balaban J connectivity index is 1.92. The Hall–Kier alpha value is -3.65. The summed E-state index contributed by atoms with van der Waals surface area (Å²) in [5.74, 6) is -0.760. The van der Waals surface area contributed by atoms with Crippen LogP contribution in [0.1, 0.15) is 42.9 Å². The fraction of sp³-hybridized carbons (Fsp3) is 0.174. The van der Waals surface area contributed by atoms with Crippen molar-refractivity contribution in [1.82, 2.24) is 0 Å². The number of amides is 2. The maximum Gasteiger partial charge on any atom is 0.341 e. The predicted octanol–water partition coefficient (Wildman–Crippen LogP) is 4.75. The molecule has 0 saturated carbocycles. The molecule has 0 spiro atoms. The molecule has 0 saturated heterocycles. The zero-order valence-corrected chi connectivity index (χ0v) is 18.2. The zero-order chi connectivity index (χ0) is 22.4. The van der Waals surface area contributed by atoms with Gasteiger partial charge in [0.25, 0.3) is 11.8 Å². The van der Waals surface area contributed by atoms with E-state index in [2.05, 4.69) is 10.6 Å². The average Bonchev–Trinajstić information content (AvgIpc) is 3.10. The maximum absolute atomic E-state index is 12.8. The van der Waals surface area contributed by atoms with Crippen molar-refractivity contribution >= 4 is 39.8 Å². The highest BCUT2D eigenvalue weighted by atomic mass is 32.1. The second-order valence-corrected chi connectivity index (χ2v) is 7.50. The van der Waals surface area contributed by atoms with Crippen molar-refractivity contribution in [3.63, 3.8) is 0 Å². The van der Waals surface area contributed by atoms with E-state index >= 15 is 0 Å². The molecule has 3 aromatic rings. The summed E-state index contributed by atoms with van der Waals surface area (Å²) in [6.07, 6.45) is 0. The molecule has 8 heteroatoms. The number of benzene rings is 2. The lowest BCUT2D eigenvalue weighted by Gasteiger charge is -2.07. The zero-order valence-electron chi connectivity index (χ0n) is 17.4. The number of carbonyl (C=O) groups excluding carboxylic acids is 3. The minimum absolute atomic E-state index is 0.172. The molecule has 160 valence electrons. The second kappa shape index (κ2) is 9.90. The van der Waals surface area contributed by atoms with Crippen molar-refractivity contribution < 1.29 is 23.9 Å². The molecule has 0 radical (unpaired) electrons. The normalized spacial score (nSPS) is 10.3. The van der Waals surface area contributed by atoms with Crippen LogP contribution >= 0.6 is 11.3 Å². The third kappa shape index (κ3) is 5.10. The molecule has 0 fully saturated rings. The second-order valence-electron chi connectivity index (χ2n) is 6.48. The van der Waals surface area contributed by atoms with E-state index in [0.29, 0.717) is 27.4 Å². The molecule has 1 aromatic heterocycles. The van der Waals surface area contributed by atoms with Crippen LogP contribution in [-0.2, 0) is 4.74 Å². The van der Waals surface area contributed by atoms with Gasteiger partial charge in [-0.05, 0) is 55.8 Å². The van der Waals surface area contributed by atoms with Gasteiger partial charge in [0.15, 0.2) is 0 Å². The van der Waals surface area contributed by atoms with Gasteiger partial charge in [0.05, 0.1) is 24.2 Å². The molecule has 0 aliphatic heterocycles. The van der Waals surface area contributed by atoms with E-state index in [9.17, 15) is 14.4 Å². The lowest BCUT2D eigenvalue weighted by Crippen LogP contribution is -2.15. The van der Waals surface area contributed by atoms with Gasteiger partial charge in [0, 0.05) is 11.3 Å². The monoisotopic (exact) mass is 438 g/mol. The van der Waals surface area contributed by atoms with Gasteiger partial charge in [-0.15, -0.1) is 11.3 Å². The van der Waals surface area contributed by atoms with E-state index < -0.39 is 11.9 Å². The molecule has 0 atom stereocenters. The summed E-state index contributed by atoms with van der Waals surface area (Å²) in [7, 11) is 1.54. The Morgan fingerprint density at radius 1 is 0.935 bits per heavy atom. The number of rotatable bonds is 7. The summed E-state index contributed by atoms with van der Waals surface area (Å²) in [6, 6.07) is 15.5. The largest absolute Gasteiger partial charge is 0.497 e. The van der Waals surface area contributed by atoms with E-state index in [1.807, 2.05) is 6.07 Å². The van der Waals surface area contributed by atoms with Gasteiger partial charge >= 0.3 is 5.97 Å². The lowest BCUT2D eigenvalue weighted by atomic mass is 10.1. The first-order valence-corrected chi connectivity index (χ1v) is 10.4. The first-order valence-electron chi connectivity index (χ1n) is 9.56. The highest BCUT2D eigenvalue weighted by molar-refractivity contribution is 7.19. The van der Waals surface area contributed by atoms with Crippen LogP contribution in [-0.4, -0.2) is 31.5 Å². The van der Waals surface area contributed by atoms with Gasteiger partial charge in [-0.2, -0.15) is 0 Å². The molecular weight excluding hydrogens is 416 g/mol. The van der Waals surface area contributed by atoms with Crippen molar-refractivity contribution in [3.05, 3.63) is 76.2 Å². The van der Waals surface area contributed by atoms with E-state index in [1.54, 1.807) is 62.4 Å². The van der Waals surface area contributed by atoms with Gasteiger partial charge in [-0.3, -0.25) is 9.59 Å². The Labute approximate surface area is 184 Å². The number of thiophene rings is 1. The third-order valence-corrected chi connectivity index (χ3v) is 5.65. The molecule has 1 heterocycles. The summed E-state index contributed by atoms with van der Waals surface area (Å²) in [5, 5.41) is 5.80. The molecular formula is C23H22N2O5S. The number of ether oxygens (including phenoxy) is 2. The molecule has 3 rings (SSSR count). The molecule has 2 N–H and O–H groups in total. The van der Waals surface area contributed by atoms with Gasteiger partial charge in [0.1, 0.15) is 10.8 Å². The fourth-order valence-corrected chi connectivity index (χ4v) is 3.98. The lowest BCUT2D eigenvalue weighted by molar-refractivity contribution is 0.0527. The topological polar surface area (TPSA) is 93.7 Å². The van der Waals surface area contributed by atoms with Crippen LogP contribution in [0.2, 0.25) is 0 Å². The first kappa shape index (κ1) is 22.0. The van der Waals surface area contributed by atoms with E-state index in [-0.39, 0.29) is 23.1 Å². The highest BCUT2D eigenvalue weighted by Crippen LogP contribution is 2.34. The highest BCUT2D eigenvalue weighted by Gasteiger charge is 2.27. The fourth-order valence-electron chi connectivity index (χ4n) is 2.89. The average molecular weight is 439 g/mol. The van der Waals surface area contributed by atoms with Crippen LogP contribution in [0.4, 0.5) is 10.7 Å². The van der Waals surface area contributed by atoms with Crippen LogP contribution in [0.5, 0.6) is 5.75 Å². The minimum atomic E-state index is -0.597. The number of methoxy groups -OCH3 is 1. The Morgan fingerprint density at radius 3 is 2.23 bits per heavy atom. The van der Waals surface area contributed by atoms with Gasteiger partial charge in [-0.1, -0.05) is 18.2 Å². The number of nitrogens with one attached hydrogen (secondary N) is 2. The van der Waals surface area contributed by atoms with Crippen molar-refractivity contribution in [1.29, 1.82) is 0 Å². The molecule has 0 aliphatic carbocycles. The van der Waals surface area contributed by atoms with E-state index in [4.69, 9.17) is 9.47 Å². The van der Waals surface area contributed by atoms with Gasteiger partial charge < -0.3 is 20.1 Å². The SMILES string of the molecule is CCOC(=O)c1c(NC(=O)c2ccc(OC)cc2)sc(C(=O)Nc2ccccc2)c1C. The van der Waals surface area contributed by atoms with Crippen LogP contribution in [0, 0.1) is 6.92 Å². The number of hydrogen-bond acceptors (Lipinski definition) is 6. The minimum Gasteiger partial charge on any atom is -0.497 e. The van der Waals surface area contributed by atoms with Gasteiger partial charge in [0.2, 0.25) is 0 Å². The van der Waals surface area contributed by atoms with E-state index in [0.717, 1.165) is 11.3 Å². The number of para-hydroxylation sites is 1. The predicted molar refractivity (Wildman–Crippen MR) is 120 cm³/mol. The summed E-state index contributed by atoms with van der Waals surface area (Å²) in [6.45, 7) is 3.52. The third-order valence-electron chi connectivity index (χ3n) is 4.44. The first-order chi connectivity index (χ1) is 14.9. The van der Waals surface area contributed by atoms with Gasteiger partial charge in [-0.25, -0.2) is 4.79 Å². The quantitative estimate of drug-likeness (QED) is 0.520. The standard InChI is InChI=1S/C23H22N2O5S/c1-4-30-23(28)18-14(2)19(21(27)24-16-8-6-5-7-9-16)31-22(18)25-20(26)15-10-12-17(29-3)13-11-15/h5-13H,4H2,1-3H3,(H,24,27)(H,25,26). The molecule has 0 aliphatic rings. The van der Waals surface area contributed by atoms with Crippen LogP contribution in [0.15, 0.2) is 54.6 Å². The van der Waals surface area contributed by atoms with Crippen LogP contribution in [0.25, 0.3) is 0 Å². The molecule has 2 aromatic carbocycles. The summed E-state index contributed by atoms with van der Waals surface area (Å²) in [4.78, 5) is 38.4. The number of carbonyl (C=O) groups is 3. The van der Waals surface area contributed by atoms with Crippen LogP contribution < -0.4 is 15.4 Å². The summed E-state index contributed by atoms with van der Waals surface area (Å²) in [5.41, 5.74) is 1.63. The number of anilines is 2. The molecule has 7 nitrogen and oxygen atoms in total. The molecule has 0 bridgehead atoms.